The first kappa shape index (κ1) is 20.7. The molecule has 4 aromatic rings. The first-order chi connectivity index (χ1) is 15.2. The normalized spacial score (nSPS) is 10.8. The standard InChI is InChI=1S/C23H21N3O4S/c1-28-17-10-11-18(21(13-17)29-2)19(27)15-31-23-25-24-22(20-9-6-12-30-20)26(23)14-16-7-4-3-5-8-16/h3-13H,14-15H2,1-2H3. The van der Waals surface area contributed by atoms with Crippen molar-refractivity contribution in [1.29, 1.82) is 0 Å². The van der Waals surface area contributed by atoms with Crippen LogP contribution < -0.4 is 9.47 Å². The lowest BCUT2D eigenvalue weighted by Crippen LogP contribution is -2.08. The van der Waals surface area contributed by atoms with Crippen molar-refractivity contribution >= 4 is 17.5 Å². The third-order valence-electron chi connectivity index (χ3n) is 4.68. The molecule has 2 heterocycles. The van der Waals surface area contributed by atoms with Crippen molar-refractivity contribution in [2.75, 3.05) is 20.0 Å². The van der Waals surface area contributed by atoms with Crippen LogP contribution >= 0.6 is 11.8 Å². The molecule has 158 valence electrons. The number of hydrogen-bond donors (Lipinski definition) is 0. The molecular weight excluding hydrogens is 414 g/mol. The molecule has 0 fully saturated rings. The van der Waals surface area contributed by atoms with Crippen LogP contribution in [0.5, 0.6) is 11.5 Å². The number of hydrogen-bond acceptors (Lipinski definition) is 7. The summed E-state index contributed by atoms with van der Waals surface area (Å²) in [6.07, 6.45) is 1.60. The molecule has 2 aromatic carbocycles. The van der Waals surface area contributed by atoms with Crippen molar-refractivity contribution in [3.63, 3.8) is 0 Å². The molecule has 0 aliphatic heterocycles. The Balaban J connectivity index is 1.58. The van der Waals surface area contributed by atoms with Crippen LogP contribution in [0.15, 0.2) is 76.5 Å². The summed E-state index contributed by atoms with van der Waals surface area (Å²) in [5.41, 5.74) is 1.59. The molecule has 7 nitrogen and oxygen atoms in total. The third kappa shape index (κ3) is 4.64. The van der Waals surface area contributed by atoms with E-state index in [4.69, 9.17) is 13.9 Å². The number of carbonyl (C=O) groups is 1. The van der Waals surface area contributed by atoms with Gasteiger partial charge in [0, 0.05) is 6.07 Å². The summed E-state index contributed by atoms with van der Waals surface area (Å²) >= 11 is 1.33. The van der Waals surface area contributed by atoms with Gasteiger partial charge in [0.2, 0.25) is 5.82 Å². The number of benzene rings is 2. The molecule has 0 amide bonds. The molecule has 0 saturated carbocycles. The molecule has 0 aliphatic carbocycles. The van der Waals surface area contributed by atoms with Crippen LogP contribution in [-0.2, 0) is 6.54 Å². The van der Waals surface area contributed by atoms with Crippen LogP contribution in [0.25, 0.3) is 11.6 Å². The van der Waals surface area contributed by atoms with E-state index in [-0.39, 0.29) is 11.5 Å². The van der Waals surface area contributed by atoms with Gasteiger partial charge < -0.3 is 13.9 Å². The van der Waals surface area contributed by atoms with Gasteiger partial charge in [0.15, 0.2) is 16.7 Å². The van der Waals surface area contributed by atoms with Crippen molar-refractivity contribution in [1.82, 2.24) is 14.8 Å². The molecule has 0 N–H and O–H groups in total. The summed E-state index contributed by atoms with van der Waals surface area (Å²) in [4.78, 5) is 12.9. The molecule has 8 heteroatoms. The number of furan rings is 1. The maximum Gasteiger partial charge on any atom is 0.200 e. The van der Waals surface area contributed by atoms with Crippen LogP contribution in [-0.4, -0.2) is 40.5 Å². The molecule has 0 radical (unpaired) electrons. The summed E-state index contributed by atoms with van der Waals surface area (Å²) in [7, 11) is 3.10. The van der Waals surface area contributed by atoms with Gasteiger partial charge in [0.05, 0.1) is 38.3 Å². The van der Waals surface area contributed by atoms with E-state index in [1.54, 1.807) is 31.6 Å². The summed E-state index contributed by atoms with van der Waals surface area (Å²) in [6.45, 7) is 0.562. The Kier molecular flexibility index (Phi) is 6.37. The van der Waals surface area contributed by atoms with Crippen molar-refractivity contribution in [3.8, 4) is 23.1 Å². The number of carbonyl (C=O) groups excluding carboxylic acids is 1. The van der Waals surface area contributed by atoms with Crippen molar-refractivity contribution in [3.05, 3.63) is 78.1 Å². The molecule has 0 aliphatic rings. The summed E-state index contributed by atoms with van der Waals surface area (Å²) in [5.74, 6) is 2.47. The van der Waals surface area contributed by atoms with Gasteiger partial charge in [-0.3, -0.25) is 9.36 Å². The van der Waals surface area contributed by atoms with Crippen LogP contribution in [0.1, 0.15) is 15.9 Å². The number of methoxy groups -OCH3 is 2. The van der Waals surface area contributed by atoms with E-state index in [1.165, 1.54) is 18.9 Å². The maximum absolute atomic E-state index is 12.9. The number of rotatable bonds is 9. The summed E-state index contributed by atoms with van der Waals surface area (Å²) in [6, 6.07) is 18.8. The van der Waals surface area contributed by atoms with E-state index in [0.29, 0.717) is 40.3 Å². The highest BCUT2D eigenvalue weighted by atomic mass is 32.2. The smallest absolute Gasteiger partial charge is 0.200 e. The average Bonchev–Trinajstić information content (AvgIpc) is 3.48. The number of Topliss-reactive ketones (excluding diaryl/α,β-unsaturated/α-hetero) is 1. The fourth-order valence-corrected chi connectivity index (χ4v) is 3.95. The zero-order valence-corrected chi connectivity index (χ0v) is 18.0. The summed E-state index contributed by atoms with van der Waals surface area (Å²) < 4.78 is 18.1. The highest BCUT2D eigenvalue weighted by Crippen LogP contribution is 2.29. The van der Waals surface area contributed by atoms with Gasteiger partial charge >= 0.3 is 0 Å². The molecule has 2 aromatic heterocycles. The number of ether oxygens (including phenoxy) is 2. The van der Waals surface area contributed by atoms with Crippen LogP contribution in [0, 0.1) is 0 Å². The lowest BCUT2D eigenvalue weighted by atomic mass is 10.1. The second-order valence-corrected chi connectivity index (χ2v) is 7.58. The Bertz CT molecular complexity index is 1160. The van der Waals surface area contributed by atoms with Crippen molar-refractivity contribution in [2.24, 2.45) is 0 Å². The second-order valence-electron chi connectivity index (χ2n) is 6.63. The number of ketones is 1. The quantitative estimate of drug-likeness (QED) is 0.281. The van der Waals surface area contributed by atoms with E-state index in [9.17, 15) is 4.79 Å². The SMILES string of the molecule is COc1ccc(C(=O)CSc2nnc(-c3ccco3)n2Cc2ccccc2)c(OC)c1. The van der Waals surface area contributed by atoms with E-state index < -0.39 is 0 Å². The third-order valence-corrected chi connectivity index (χ3v) is 5.65. The number of thioether (sulfide) groups is 1. The average molecular weight is 436 g/mol. The minimum Gasteiger partial charge on any atom is -0.497 e. The molecule has 0 spiro atoms. The van der Waals surface area contributed by atoms with E-state index in [2.05, 4.69) is 10.2 Å². The van der Waals surface area contributed by atoms with Crippen LogP contribution in [0.4, 0.5) is 0 Å². The molecule has 0 atom stereocenters. The zero-order chi connectivity index (χ0) is 21.6. The van der Waals surface area contributed by atoms with Crippen LogP contribution in [0.3, 0.4) is 0 Å². The fourth-order valence-electron chi connectivity index (χ4n) is 3.13. The minimum absolute atomic E-state index is 0.0710. The Morgan fingerprint density at radius 1 is 1.03 bits per heavy atom. The molecule has 0 saturated heterocycles. The zero-order valence-electron chi connectivity index (χ0n) is 17.1. The Labute approximate surface area is 184 Å². The van der Waals surface area contributed by atoms with Gasteiger partial charge in [-0.2, -0.15) is 0 Å². The minimum atomic E-state index is -0.0710. The highest BCUT2D eigenvalue weighted by Gasteiger charge is 2.19. The van der Waals surface area contributed by atoms with Gasteiger partial charge in [0.25, 0.3) is 0 Å². The number of aromatic nitrogens is 3. The first-order valence-electron chi connectivity index (χ1n) is 9.58. The molecule has 0 bridgehead atoms. The highest BCUT2D eigenvalue weighted by molar-refractivity contribution is 7.99. The van der Waals surface area contributed by atoms with Gasteiger partial charge in [-0.1, -0.05) is 42.1 Å². The summed E-state index contributed by atoms with van der Waals surface area (Å²) in [5, 5.41) is 9.26. The van der Waals surface area contributed by atoms with Gasteiger partial charge in [-0.25, -0.2) is 0 Å². The second kappa shape index (κ2) is 9.53. The maximum atomic E-state index is 12.9. The predicted octanol–water partition coefficient (Wildman–Crippen LogP) is 4.58. The van der Waals surface area contributed by atoms with Crippen molar-refractivity contribution in [2.45, 2.75) is 11.7 Å². The Morgan fingerprint density at radius 3 is 2.58 bits per heavy atom. The topological polar surface area (TPSA) is 79.4 Å². The lowest BCUT2D eigenvalue weighted by molar-refractivity contribution is 0.101. The number of nitrogens with zero attached hydrogens (tertiary/aromatic N) is 3. The van der Waals surface area contributed by atoms with E-state index in [0.717, 1.165) is 5.56 Å². The van der Waals surface area contributed by atoms with Gasteiger partial charge in [-0.05, 0) is 29.8 Å². The fraction of sp³-hybridized carbons (Fsp3) is 0.174. The first-order valence-corrected chi connectivity index (χ1v) is 10.6. The molecule has 0 unspecified atom stereocenters. The Hall–Kier alpha value is -3.52. The largest absolute Gasteiger partial charge is 0.497 e. The predicted molar refractivity (Wildman–Crippen MR) is 118 cm³/mol. The lowest BCUT2D eigenvalue weighted by Gasteiger charge is -2.11. The van der Waals surface area contributed by atoms with Gasteiger partial charge in [0.1, 0.15) is 11.5 Å². The van der Waals surface area contributed by atoms with Crippen LogP contribution in [0.2, 0.25) is 0 Å². The Morgan fingerprint density at radius 2 is 1.87 bits per heavy atom. The monoisotopic (exact) mass is 435 g/mol. The van der Waals surface area contributed by atoms with Gasteiger partial charge in [-0.15, -0.1) is 10.2 Å². The molecule has 4 rings (SSSR count). The molecular formula is C23H21N3O4S. The molecule has 31 heavy (non-hydrogen) atoms. The van der Waals surface area contributed by atoms with E-state index in [1.807, 2.05) is 47.0 Å². The van der Waals surface area contributed by atoms with E-state index >= 15 is 0 Å². The van der Waals surface area contributed by atoms with Crippen molar-refractivity contribution < 1.29 is 18.7 Å².